The molecule has 0 bridgehead atoms. The molecule has 1 aliphatic rings. The molecule has 0 spiro atoms. The second kappa shape index (κ2) is 8.58. The van der Waals surface area contributed by atoms with E-state index in [1.54, 1.807) is 0 Å². The average molecular weight is 366 g/mol. The summed E-state index contributed by atoms with van der Waals surface area (Å²) >= 11 is 0. The molecule has 2 aromatic carbocycles. The SMILES string of the molecule is CCCC[C@@H]1OC(CC)(c2ccc(C)cc2)NC(c2ccc(C)cc2)[C@@H]1C. The summed E-state index contributed by atoms with van der Waals surface area (Å²) in [6.07, 6.45) is 4.71. The van der Waals surface area contributed by atoms with Crippen molar-refractivity contribution in [1.29, 1.82) is 0 Å². The lowest BCUT2D eigenvalue weighted by Crippen LogP contribution is -2.56. The molecule has 1 saturated heterocycles. The molecule has 1 fully saturated rings. The van der Waals surface area contributed by atoms with Crippen molar-refractivity contribution in [2.75, 3.05) is 0 Å². The van der Waals surface area contributed by atoms with Crippen LogP contribution in [0, 0.1) is 19.8 Å². The number of aryl methyl sites for hydroxylation is 2. The van der Waals surface area contributed by atoms with E-state index in [0.717, 1.165) is 12.8 Å². The van der Waals surface area contributed by atoms with E-state index in [0.29, 0.717) is 12.0 Å². The third-order valence-corrected chi connectivity index (χ3v) is 6.15. The number of benzene rings is 2. The molecule has 1 heterocycles. The minimum atomic E-state index is -0.422. The van der Waals surface area contributed by atoms with Gasteiger partial charge < -0.3 is 4.74 Å². The summed E-state index contributed by atoms with van der Waals surface area (Å²) < 4.78 is 6.83. The molecule has 0 aliphatic carbocycles. The van der Waals surface area contributed by atoms with Crippen LogP contribution in [-0.4, -0.2) is 6.10 Å². The molecule has 0 amide bonds. The second-order valence-corrected chi connectivity index (χ2v) is 8.24. The standard InChI is InChI=1S/C25H35NO/c1-6-8-9-23-20(5)24(21-14-10-18(3)11-15-21)26-25(7-2,27-23)22-16-12-19(4)13-17-22/h10-17,20,23-24,26H,6-9H2,1-5H3/t20-,23+,24?,25?/m1/s1. The Balaban J connectivity index is 1.99. The average Bonchev–Trinajstić information content (AvgIpc) is 2.69. The lowest BCUT2D eigenvalue weighted by molar-refractivity contribution is -0.191. The summed E-state index contributed by atoms with van der Waals surface area (Å²) in [5, 5.41) is 3.92. The van der Waals surface area contributed by atoms with E-state index in [9.17, 15) is 0 Å². The Bertz CT molecular complexity index is 721. The molecule has 0 radical (unpaired) electrons. The van der Waals surface area contributed by atoms with Crippen molar-refractivity contribution in [3.05, 3.63) is 70.8 Å². The lowest BCUT2D eigenvalue weighted by atomic mass is 9.82. The van der Waals surface area contributed by atoms with Crippen LogP contribution in [0.25, 0.3) is 0 Å². The van der Waals surface area contributed by atoms with E-state index in [1.165, 1.54) is 35.1 Å². The predicted octanol–water partition coefficient (Wildman–Crippen LogP) is 6.42. The number of rotatable bonds is 6. The van der Waals surface area contributed by atoms with Gasteiger partial charge in [0.05, 0.1) is 6.10 Å². The number of hydrogen-bond acceptors (Lipinski definition) is 2. The molecular weight excluding hydrogens is 330 g/mol. The Morgan fingerprint density at radius 2 is 1.52 bits per heavy atom. The molecule has 1 N–H and O–H groups in total. The number of nitrogens with one attached hydrogen (secondary N) is 1. The zero-order valence-corrected chi connectivity index (χ0v) is 17.6. The normalized spacial score (nSPS) is 28.3. The van der Waals surface area contributed by atoms with E-state index in [2.05, 4.69) is 88.5 Å². The van der Waals surface area contributed by atoms with Gasteiger partial charge in [0.2, 0.25) is 0 Å². The first-order chi connectivity index (χ1) is 13.0. The largest absolute Gasteiger partial charge is 0.353 e. The van der Waals surface area contributed by atoms with Crippen molar-refractivity contribution >= 4 is 0 Å². The molecule has 146 valence electrons. The first-order valence-electron chi connectivity index (χ1n) is 10.6. The van der Waals surface area contributed by atoms with Crippen LogP contribution >= 0.6 is 0 Å². The lowest BCUT2D eigenvalue weighted by Gasteiger charge is -2.49. The fourth-order valence-corrected chi connectivity index (χ4v) is 4.25. The molecular formula is C25H35NO. The predicted molar refractivity (Wildman–Crippen MR) is 114 cm³/mol. The van der Waals surface area contributed by atoms with Crippen LogP contribution in [0.5, 0.6) is 0 Å². The minimum absolute atomic E-state index is 0.263. The first-order valence-corrected chi connectivity index (χ1v) is 10.6. The topological polar surface area (TPSA) is 21.3 Å². The maximum atomic E-state index is 6.83. The number of unbranched alkanes of at least 4 members (excludes halogenated alkanes) is 1. The van der Waals surface area contributed by atoms with Gasteiger partial charge in [0.1, 0.15) is 5.72 Å². The zero-order valence-electron chi connectivity index (χ0n) is 17.6. The Labute approximate surface area is 165 Å². The van der Waals surface area contributed by atoms with Crippen LogP contribution in [0.4, 0.5) is 0 Å². The van der Waals surface area contributed by atoms with E-state index < -0.39 is 5.72 Å². The van der Waals surface area contributed by atoms with Gasteiger partial charge in [0.25, 0.3) is 0 Å². The highest BCUT2D eigenvalue weighted by Crippen LogP contribution is 2.42. The monoisotopic (exact) mass is 365 g/mol. The molecule has 0 aromatic heterocycles. The summed E-state index contributed by atoms with van der Waals surface area (Å²) in [6.45, 7) is 11.1. The summed E-state index contributed by atoms with van der Waals surface area (Å²) in [7, 11) is 0. The van der Waals surface area contributed by atoms with Gasteiger partial charge in [-0.05, 0) is 37.8 Å². The Hall–Kier alpha value is -1.64. The van der Waals surface area contributed by atoms with Crippen LogP contribution in [0.3, 0.4) is 0 Å². The van der Waals surface area contributed by atoms with Gasteiger partial charge in [-0.15, -0.1) is 0 Å². The van der Waals surface area contributed by atoms with Crippen LogP contribution < -0.4 is 5.32 Å². The van der Waals surface area contributed by atoms with E-state index >= 15 is 0 Å². The fourth-order valence-electron chi connectivity index (χ4n) is 4.25. The molecule has 0 saturated carbocycles. The summed E-state index contributed by atoms with van der Waals surface area (Å²) in [5.41, 5.74) is 4.77. The second-order valence-electron chi connectivity index (χ2n) is 8.24. The highest BCUT2D eigenvalue weighted by Gasteiger charge is 2.45. The van der Waals surface area contributed by atoms with Crippen molar-refractivity contribution < 1.29 is 4.74 Å². The Morgan fingerprint density at radius 1 is 0.926 bits per heavy atom. The van der Waals surface area contributed by atoms with Crippen LogP contribution in [0.15, 0.2) is 48.5 Å². The molecule has 2 aromatic rings. The number of ether oxygens (including phenoxy) is 1. The van der Waals surface area contributed by atoms with E-state index in [-0.39, 0.29) is 6.10 Å². The zero-order chi connectivity index (χ0) is 19.4. The van der Waals surface area contributed by atoms with Gasteiger partial charge >= 0.3 is 0 Å². The van der Waals surface area contributed by atoms with Crippen molar-refractivity contribution in [3.63, 3.8) is 0 Å². The van der Waals surface area contributed by atoms with Crippen molar-refractivity contribution in [3.8, 4) is 0 Å². The molecule has 4 atom stereocenters. The molecule has 3 rings (SSSR count). The quantitative estimate of drug-likeness (QED) is 0.637. The Kier molecular flexibility index (Phi) is 6.39. The van der Waals surface area contributed by atoms with E-state index in [4.69, 9.17) is 4.74 Å². The van der Waals surface area contributed by atoms with Gasteiger partial charge in [-0.3, -0.25) is 5.32 Å². The van der Waals surface area contributed by atoms with Gasteiger partial charge in [0.15, 0.2) is 0 Å². The molecule has 1 aliphatic heterocycles. The molecule has 2 unspecified atom stereocenters. The first kappa shape index (κ1) is 20.1. The van der Waals surface area contributed by atoms with Crippen molar-refractivity contribution in [2.24, 2.45) is 5.92 Å². The summed E-state index contributed by atoms with van der Waals surface area (Å²) in [4.78, 5) is 0. The van der Waals surface area contributed by atoms with Crippen LogP contribution in [0.1, 0.15) is 74.8 Å². The van der Waals surface area contributed by atoms with Crippen LogP contribution in [0.2, 0.25) is 0 Å². The van der Waals surface area contributed by atoms with Gasteiger partial charge in [0, 0.05) is 12.0 Å². The van der Waals surface area contributed by atoms with Crippen LogP contribution in [-0.2, 0) is 10.5 Å². The van der Waals surface area contributed by atoms with Gasteiger partial charge in [-0.2, -0.15) is 0 Å². The number of hydrogen-bond donors (Lipinski definition) is 1. The van der Waals surface area contributed by atoms with Crippen molar-refractivity contribution in [2.45, 2.75) is 78.2 Å². The maximum Gasteiger partial charge on any atom is 0.145 e. The van der Waals surface area contributed by atoms with Crippen molar-refractivity contribution in [1.82, 2.24) is 5.32 Å². The maximum absolute atomic E-state index is 6.83. The smallest absolute Gasteiger partial charge is 0.145 e. The molecule has 27 heavy (non-hydrogen) atoms. The Morgan fingerprint density at radius 3 is 2.07 bits per heavy atom. The highest BCUT2D eigenvalue weighted by molar-refractivity contribution is 5.30. The molecule has 2 heteroatoms. The third kappa shape index (κ3) is 4.28. The van der Waals surface area contributed by atoms with Gasteiger partial charge in [-0.25, -0.2) is 0 Å². The fraction of sp³-hybridized carbons (Fsp3) is 0.520. The van der Waals surface area contributed by atoms with E-state index in [1.807, 2.05) is 0 Å². The minimum Gasteiger partial charge on any atom is -0.353 e. The van der Waals surface area contributed by atoms with Gasteiger partial charge in [-0.1, -0.05) is 93.3 Å². The highest BCUT2D eigenvalue weighted by atomic mass is 16.5. The molecule has 2 nitrogen and oxygen atoms in total. The third-order valence-electron chi connectivity index (χ3n) is 6.15. The summed E-state index contributed by atoms with van der Waals surface area (Å²) in [5.74, 6) is 0.435. The summed E-state index contributed by atoms with van der Waals surface area (Å²) in [6, 6.07) is 18.1.